The van der Waals surface area contributed by atoms with Crippen molar-refractivity contribution >= 4 is 39.9 Å². The van der Waals surface area contributed by atoms with Crippen LogP contribution in [0.25, 0.3) is 0 Å². The third-order valence-electron chi connectivity index (χ3n) is 3.47. The van der Waals surface area contributed by atoms with Crippen LogP contribution in [0, 0.1) is 18.3 Å². The number of halogens is 1. The van der Waals surface area contributed by atoms with E-state index in [1.54, 1.807) is 25.1 Å². The number of nitrogens with two attached hydrogens (primary N) is 1. The molecule has 0 amide bonds. The number of hydrogen-bond donors (Lipinski definition) is 1. The molecule has 0 radical (unpaired) electrons. The molecule has 1 heterocycles. The minimum absolute atomic E-state index is 0.102. The Bertz CT molecular complexity index is 904. The summed E-state index contributed by atoms with van der Waals surface area (Å²) in [6.07, 6.45) is 0. The van der Waals surface area contributed by atoms with Crippen LogP contribution in [-0.2, 0) is 20.9 Å². The molecule has 0 unspecified atom stereocenters. The molecular formula is C18H17ClN2O5S. The smallest absolute Gasteiger partial charge is 0.348 e. The monoisotopic (exact) mass is 408 g/mol. The fourth-order valence-corrected chi connectivity index (χ4v) is 3.19. The number of carbonyl (C=O) groups is 2. The lowest BCUT2D eigenvalue weighted by atomic mass is 10.1. The summed E-state index contributed by atoms with van der Waals surface area (Å²) in [7, 11) is 0. The van der Waals surface area contributed by atoms with Crippen molar-refractivity contribution in [2.75, 3.05) is 18.9 Å². The van der Waals surface area contributed by atoms with Gasteiger partial charge in [0.1, 0.15) is 28.3 Å². The van der Waals surface area contributed by atoms with E-state index in [1.165, 1.54) is 0 Å². The summed E-state index contributed by atoms with van der Waals surface area (Å²) in [6, 6.07) is 6.91. The van der Waals surface area contributed by atoms with E-state index in [-0.39, 0.29) is 40.8 Å². The molecule has 1 aromatic carbocycles. The Balaban J connectivity index is 2.02. The van der Waals surface area contributed by atoms with Crippen molar-refractivity contribution in [3.63, 3.8) is 0 Å². The predicted octanol–water partition coefficient (Wildman–Crippen LogP) is 3.46. The van der Waals surface area contributed by atoms with Crippen LogP contribution in [0.4, 0.5) is 5.00 Å². The summed E-state index contributed by atoms with van der Waals surface area (Å²) in [4.78, 5) is 24.1. The summed E-state index contributed by atoms with van der Waals surface area (Å²) in [5.74, 6) is -0.806. The predicted molar refractivity (Wildman–Crippen MR) is 101 cm³/mol. The minimum atomic E-state index is -0.661. The Morgan fingerprint density at radius 2 is 2.07 bits per heavy atom. The summed E-state index contributed by atoms with van der Waals surface area (Å²) >= 11 is 6.86. The molecule has 2 aromatic rings. The van der Waals surface area contributed by atoms with Crippen LogP contribution < -0.4 is 10.5 Å². The van der Waals surface area contributed by atoms with E-state index in [9.17, 15) is 14.9 Å². The summed E-state index contributed by atoms with van der Waals surface area (Å²) in [5, 5.41) is 10.00. The zero-order valence-electron chi connectivity index (χ0n) is 14.7. The van der Waals surface area contributed by atoms with Gasteiger partial charge in [0.15, 0.2) is 6.61 Å². The van der Waals surface area contributed by atoms with Gasteiger partial charge in [-0.15, -0.1) is 11.3 Å². The first kappa shape index (κ1) is 20.6. The zero-order chi connectivity index (χ0) is 20.0. The third kappa shape index (κ3) is 5.12. The van der Waals surface area contributed by atoms with Crippen LogP contribution in [-0.4, -0.2) is 25.2 Å². The molecule has 27 heavy (non-hydrogen) atoms. The maximum absolute atomic E-state index is 12.0. The second kappa shape index (κ2) is 9.26. The number of benzene rings is 1. The van der Waals surface area contributed by atoms with Crippen LogP contribution in [0.15, 0.2) is 18.2 Å². The molecule has 0 bridgehead atoms. The van der Waals surface area contributed by atoms with Crippen LogP contribution in [0.5, 0.6) is 5.75 Å². The number of rotatable bonds is 7. The molecule has 9 heteroatoms. The fourth-order valence-electron chi connectivity index (χ4n) is 2.15. The maximum Gasteiger partial charge on any atom is 0.348 e. The number of nitrogen functional groups attached to an aromatic ring is 1. The van der Waals surface area contributed by atoms with Gasteiger partial charge in [-0.05, 0) is 37.6 Å². The Labute approximate surface area is 165 Å². The lowest BCUT2D eigenvalue weighted by Crippen LogP contribution is -2.16. The van der Waals surface area contributed by atoms with Crippen LogP contribution in [0.1, 0.15) is 33.3 Å². The highest BCUT2D eigenvalue weighted by Crippen LogP contribution is 2.31. The number of anilines is 1. The van der Waals surface area contributed by atoms with Gasteiger partial charge in [-0.1, -0.05) is 11.6 Å². The minimum Gasteiger partial charge on any atom is -0.482 e. The quantitative estimate of drug-likeness (QED) is 0.698. The molecule has 0 aliphatic heterocycles. The topological polar surface area (TPSA) is 112 Å². The van der Waals surface area contributed by atoms with E-state index in [0.29, 0.717) is 10.8 Å². The van der Waals surface area contributed by atoms with Crippen molar-refractivity contribution in [3.05, 3.63) is 44.8 Å². The van der Waals surface area contributed by atoms with E-state index in [2.05, 4.69) is 0 Å². The van der Waals surface area contributed by atoms with E-state index < -0.39 is 11.9 Å². The van der Waals surface area contributed by atoms with E-state index in [0.717, 1.165) is 16.9 Å². The average Bonchev–Trinajstić information content (AvgIpc) is 2.96. The molecule has 0 spiro atoms. The van der Waals surface area contributed by atoms with Gasteiger partial charge in [-0.2, -0.15) is 5.26 Å². The molecule has 142 valence electrons. The standard InChI is InChI=1S/C18H17ClN2O5S/c1-3-24-18(23)16-13(12(7-20)17(21)27-16)8-26-15(22)9-25-11-4-5-14(19)10(2)6-11/h4-6H,3,8-9,21H2,1-2H3. The van der Waals surface area contributed by atoms with Crippen molar-refractivity contribution in [1.82, 2.24) is 0 Å². The van der Waals surface area contributed by atoms with Crippen molar-refractivity contribution in [2.45, 2.75) is 20.5 Å². The Kier molecular flexibility index (Phi) is 7.05. The van der Waals surface area contributed by atoms with E-state index in [1.807, 2.05) is 13.0 Å². The number of aryl methyl sites for hydroxylation is 1. The summed E-state index contributed by atoms with van der Waals surface area (Å²) in [6.45, 7) is 3.03. The summed E-state index contributed by atoms with van der Waals surface area (Å²) in [5.41, 5.74) is 6.91. The highest BCUT2D eigenvalue weighted by molar-refractivity contribution is 7.18. The molecular weight excluding hydrogens is 392 g/mol. The van der Waals surface area contributed by atoms with Gasteiger partial charge < -0.3 is 19.9 Å². The molecule has 0 saturated carbocycles. The first-order valence-corrected chi connectivity index (χ1v) is 9.09. The number of thiophene rings is 1. The molecule has 7 nitrogen and oxygen atoms in total. The van der Waals surface area contributed by atoms with Gasteiger partial charge >= 0.3 is 11.9 Å². The number of nitrogens with zero attached hydrogens (tertiary/aromatic N) is 1. The number of carbonyl (C=O) groups excluding carboxylic acids is 2. The Morgan fingerprint density at radius 1 is 1.33 bits per heavy atom. The normalized spacial score (nSPS) is 10.1. The van der Waals surface area contributed by atoms with Gasteiger partial charge in [0.2, 0.25) is 0 Å². The van der Waals surface area contributed by atoms with Crippen LogP contribution >= 0.6 is 22.9 Å². The molecule has 0 aliphatic rings. The molecule has 1 aromatic heterocycles. The average molecular weight is 409 g/mol. The lowest BCUT2D eigenvalue weighted by Gasteiger charge is -2.09. The number of nitriles is 1. The SMILES string of the molecule is CCOC(=O)c1sc(N)c(C#N)c1COC(=O)COc1ccc(Cl)c(C)c1. The van der Waals surface area contributed by atoms with Crippen LogP contribution in [0.2, 0.25) is 5.02 Å². The zero-order valence-corrected chi connectivity index (χ0v) is 16.3. The fraction of sp³-hybridized carbons (Fsp3) is 0.278. The largest absolute Gasteiger partial charge is 0.482 e. The molecule has 0 saturated heterocycles. The number of hydrogen-bond acceptors (Lipinski definition) is 8. The van der Waals surface area contributed by atoms with Gasteiger partial charge in [0.05, 0.1) is 12.2 Å². The Hall–Kier alpha value is -2.76. The van der Waals surface area contributed by atoms with Gasteiger partial charge in [-0.3, -0.25) is 0 Å². The van der Waals surface area contributed by atoms with Crippen molar-refractivity contribution in [1.29, 1.82) is 5.26 Å². The summed E-state index contributed by atoms with van der Waals surface area (Å²) < 4.78 is 15.4. The molecule has 0 atom stereocenters. The van der Waals surface area contributed by atoms with Gasteiger partial charge in [-0.25, -0.2) is 9.59 Å². The van der Waals surface area contributed by atoms with Crippen molar-refractivity contribution in [2.24, 2.45) is 0 Å². The van der Waals surface area contributed by atoms with E-state index >= 15 is 0 Å². The van der Waals surface area contributed by atoms with E-state index in [4.69, 9.17) is 31.5 Å². The number of esters is 2. The Morgan fingerprint density at radius 3 is 2.70 bits per heavy atom. The van der Waals surface area contributed by atoms with Crippen molar-refractivity contribution < 1.29 is 23.8 Å². The second-order valence-corrected chi connectivity index (χ2v) is 6.80. The molecule has 2 N–H and O–H groups in total. The highest BCUT2D eigenvalue weighted by Gasteiger charge is 2.24. The lowest BCUT2D eigenvalue weighted by molar-refractivity contribution is -0.147. The third-order valence-corrected chi connectivity index (χ3v) is 4.94. The maximum atomic E-state index is 12.0. The first-order valence-electron chi connectivity index (χ1n) is 7.90. The van der Waals surface area contributed by atoms with Crippen molar-refractivity contribution in [3.8, 4) is 11.8 Å². The van der Waals surface area contributed by atoms with Crippen LogP contribution in [0.3, 0.4) is 0 Å². The van der Waals surface area contributed by atoms with Gasteiger partial charge in [0, 0.05) is 10.6 Å². The highest BCUT2D eigenvalue weighted by atomic mass is 35.5. The number of ether oxygens (including phenoxy) is 3. The molecule has 0 fully saturated rings. The van der Waals surface area contributed by atoms with Gasteiger partial charge in [0.25, 0.3) is 0 Å². The second-order valence-electron chi connectivity index (χ2n) is 5.34. The molecule has 2 rings (SSSR count). The molecule has 0 aliphatic carbocycles. The first-order chi connectivity index (χ1) is 12.9.